The topological polar surface area (TPSA) is 118 Å². The predicted octanol–water partition coefficient (Wildman–Crippen LogP) is 1.24. The number of nitrogens with one attached hydrogen (secondary N) is 1. The van der Waals surface area contributed by atoms with Crippen molar-refractivity contribution in [1.82, 2.24) is 15.3 Å². The number of carbonyl (C=O) groups is 2. The van der Waals surface area contributed by atoms with Crippen LogP contribution in [-0.2, 0) is 11.2 Å². The molecule has 2 aromatic rings. The van der Waals surface area contributed by atoms with Gasteiger partial charge in [0.15, 0.2) is 5.69 Å². The van der Waals surface area contributed by atoms with Crippen LogP contribution < -0.4 is 11.1 Å². The molecule has 8 heteroatoms. The van der Waals surface area contributed by atoms with Crippen molar-refractivity contribution in [2.45, 2.75) is 19.4 Å². The van der Waals surface area contributed by atoms with E-state index in [0.29, 0.717) is 16.4 Å². The third kappa shape index (κ3) is 3.99. The molecule has 0 saturated heterocycles. The second kappa shape index (κ2) is 6.31. The molecule has 21 heavy (non-hydrogen) atoms. The highest BCUT2D eigenvalue weighted by Gasteiger charge is 2.16. The molecule has 2 rings (SSSR count). The van der Waals surface area contributed by atoms with Crippen molar-refractivity contribution in [2.75, 3.05) is 5.73 Å². The number of hydrogen-bond acceptors (Lipinski definition) is 6. The van der Waals surface area contributed by atoms with Crippen LogP contribution in [0.25, 0.3) is 0 Å². The summed E-state index contributed by atoms with van der Waals surface area (Å²) in [5, 5.41) is 13.6. The van der Waals surface area contributed by atoms with Gasteiger partial charge in [0.25, 0.3) is 0 Å². The summed E-state index contributed by atoms with van der Waals surface area (Å²) in [6.07, 6.45) is 1.62. The number of aromatic nitrogens is 2. The third-order valence-corrected chi connectivity index (χ3v) is 3.71. The lowest BCUT2D eigenvalue weighted by Gasteiger charge is -2.10. The molecule has 0 fully saturated rings. The molecular weight excluding hydrogens is 292 g/mol. The van der Waals surface area contributed by atoms with Gasteiger partial charge in [0.1, 0.15) is 5.01 Å². The number of hydrogen-bond donors (Lipinski definition) is 3. The van der Waals surface area contributed by atoms with Crippen LogP contribution in [0.4, 0.5) is 5.69 Å². The maximum atomic E-state index is 11.9. The van der Waals surface area contributed by atoms with Gasteiger partial charge in [-0.15, -0.1) is 11.3 Å². The van der Waals surface area contributed by atoms with Crippen LogP contribution in [0.5, 0.6) is 0 Å². The molecule has 7 nitrogen and oxygen atoms in total. The molecule has 4 N–H and O–H groups in total. The lowest BCUT2D eigenvalue weighted by atomic mass is 10.2. The molecule has 0 aromatic carbocycles. The standard InChI is InChI=1S/C13H14N4O3S/c1-7(12-17-10(6-21-12)13(19)20)16-11(18)4-9-3-2-8(14)5-15-9/h2-3,5-7H,4,14H2,1H3,(H,16,18)(H,19,20). The summed E-state index contributed by atoms with van der Waals surface area (Å²) in [6.45, 7) is 1.75. The van der Waals surface area contributed by atoms with Gasteiger partial charge in [-0.1, -0.05) is 0 Å². The highest BCUT2D eigenvalue weighted by Crippen LogP contribution is 2.18. The lowest BCUT2D eigenvalue weighted by Crippen LogP contribution is -2.28. The van der Waals surface area contributed by atoms with Gasteiger partial charge in [0, 0.05) is 11.1 Å². The van der Waals surface area contributed by atoms with Crippen molar-refractivity contribution in [3.05, 3.63) is 40.1 Å². The molecular formula is C13H14N4O3S. The number of nitrogens with zero attached hydrogens (tertiary/aromatic N) is 2. The molecule has 0 aliphatic rings. The maximum Gasteiger partial charge on any atom is 0.355 e. The number of carboxylic acid groups (broad SMARTS) is 1. The second-order valence-electron chi connectivity index (χ2n) is 4.42. The minimum Gasteiger partial charge on any atom is -0.476 e. The second-order valence-corrected chi connectivity index (χ2v) is 5.31. The van der Waals surface area contributed by atoms with Crippen molar-refractivity contribution in [3.8, 4) is 0 Å². The molecule has 0 aliphatic heterocycles. The van der Waals surface area contributed by atoms with Gasteiger partial charge in [0.05, 0.1) is 24.3 Å². The summed E-state index contributed by atoms with van der Waals surface area (Å²) < 4.78 is 0. The molecule has 0 radical (unpaired) electrons. The number of rotatable bonds is 5. The number of aromatic carboxylic acids is 1. The Hall–Kier alpha value is -2.48. The first-order chi connectivity index (χ1) is 9.95. The van der Waals surface area contributed by atoms with E-state index in [4.69, 9.17) is 10.8 Å². The van der Waals surface area contributed by atoms with Crippen LogP contribution in [0.2, 0.25) is 0 Å². The number of nitrogen functional groups attached to an aromatic ring is 1. The van der Waals surface area contributed by atoms with Crippen LogP contribution in [-0.4, -0.2) is 27.0 Å². The van der Waals surface area contributed by atoms with Crippen LogP contribution in [0, 0.1) is 0 Å². The Bertz CT molecular complexity index is 654. The Morgan fingerprint density at radius 1 is 1.48 bits per heavy atom. The number of nitrogens with two attached hydrogens (primary N) is 1. The van der Waals surface area contributed by atoms with E-state index in [1.165, 1.54) is 22.9 Å². The van der Waals surface area contributed by atoms with Gasteiger partial charge >= 0.3 is 5.97 Å². The molecule has 110 valence electrons. The molecule has 1 amide bonds. The number of thiazole rings is 1. The molecule has 1 unspecified atom stereocenters. The van der Waals surface area contributed by atoms with Crippen molar-refractivity contribution in [1.29, 1.82) is 0 Å². The van der Waals surface area contributed by atoms with Crippen LogP contribution >= 0.6 is 11.3 Å². The normalized spacial score (nSPS) is 11.9. The summed E-state index contributed by atoms with van der Waals surface area (Å²) >= 11 is 1.20. The fraction of sp³-hybridized carbons (Fsp3) is 0.231. The summed E-state index contributed by atoms with van der Waals surface area (Å²) in [7, 11) is 0. The zero-order valence-corrected chi connectivity index (χ0v) is 12.1. The molecule has 1 atom stereocenters. The smallest absolute Gasteiger partial charge is 0.355 e. The molecule has 0 bridgehead atoms. The quantitative estimate of drug-likeness (QED) is 0.764. The largest absolute Gasteiger partial charge is 0.476 e. The SMILES string of the molecule is CC(NC(=O)Cc1ccc(N)cn1)c1nc(C(=O)O)cs1. The molecule has 2 aromatic heterocycles. The van der Waals surface area contributed by atoms with E-state index in [-0.39, 0.29) is 24.1 Å². The van der Waals surface area contributed by atoms with E-state index in [2.05, 4.69) is 15.3 Å². The van der Waals surface area contributed by atoms with Crippen LogP contribution in [0.1, 0.15) is 34.2 Å². The van der Waals surface area contributed by atoms with Crippen LogP contribution in [0.15, 0.2) is 23.7 Å². The molecule has 0 aliphatic carbocycles. The first kappa shape index (κ1) is 14.9. The monoisotopic (exact) mass is 306 g/mol. The van der Waals surface area contributed by atoms with Gasteiger partial charge < -0.3 is 16.2 Å². The fourth-order valence-electron chi connectivity index (χ4n) is 1.64. The van der Waals surface area contributed by atoms with Gasteiger partial charge in [0.2, 0.25) is 5.91 Å². The number of carbonyl (C=O) groups excluding carboxylic acids is 1. The van der Waals surface area contributed by atoms with Gasteiger partial charge in [-0.3, -0.25) is 9.78 Å². The Kier molecular flexibility index (Phi) is 4.49. The maximum absolute atomic E-state index is 11.9. The highest BCUT2D eigenvalue weighted by atomic mass is 32.1. The van der Waals surface area contributed by atoms with E-state index in [1.807, 2.05) is 0 Å². The van der Waals surface area contributed by atoms with Gasteiger partial charge in [-0.25, -0.2) is 9.78 Å². The molecule has 0 spiro atoms. The van der Waals surface area contributed by atoms with Gasteiger partial charge in [-0.2, -0.15) is 0 Å². The van der Waals surface area contributed by atoms with Crippen molar-refractivity contribution >= 4 is 28.9 Å². The molecule has 0 saturated carbocycles. The first-order valence-corrected chi connectivity index (χ1v) is 7.02. The van der Waals surface area contributed by atoms with Gasteiger partial charge in [-0.05, 0) is 19.1 Å². The lowest BCUT2D eigenvalue weighted by molar-refractivity contribution is -0.121. The minimum atomic E-state index is -1.08. The zero-order chi connectivity index (χ0) is 15.4. The fourth-order valence-corrected chi connectivity index (χ4v) is 2.44. The Morgan fingerprint density at radius 2 is 2.24 bits per heavy atom. The van der Waals surface area contributed by atoms with Crippen molar-refractivity contribution in [2.24, 2.45) is 0 Å². The van der Waals surface area contributed by atoms with E-state index >= 15 is 0 Å². The number of amides is 1. The Balaban J connectivity index is 1.95. The van der Waals surface area contributed by atoms with E-state index in [1.54, 1.807) is 19.1 Å². The summed E-state index contributed by atoms with van der Waals surface area (Å²) in [5.74, 6) is -1.30. The Morgan fingerprint density at radius 3 is 2.81 bits per heavy atom. The first-order valence-electron chi connectivity index (χ1n) is 6.14. The average molecular weight is 306 g/mol. The van der Waals surface area contributed by atoms with E-state index in [0.717, 1.165) is 0 Å². The summed E-state index contributed by atoms with van der Waals surface area (Å²) in [4.78, 5) is 30.7. The summed E-state index contributed by atoms with van der Waals surface area (Å²) in [6, 6.07) is 3.01. The zero-order valence-electron chi connectivity index (χ0n) is 11.2. The Labute approximate surface area is 124 Å². The van der Waals surface area contributed by atoms with Crippen LogP contribution in [0.3, 0.4) is 0 Å². The number of carboxylic acids is 1. The minimum absolute atomic E-state index is 0.0173. The third-order valence-electron chi connectivity index (χ3n) is 2.68. The predicted molar refractivity (Wildman–Crippen MR) is 78.0 cm³/mol. The van der Waals surface area contributed by atoms with Crippen molar-refractivity contribution in [3.63, 3.8) is 0 Å². The summed E-state index contributed by atoms with van der Waals surface area (Å²) in [5.41, 5.74) is 6.65. The molecule has 2 heterocycles. The van der Waals surface area contributed by atoms with Crippen molar-refractivity contribution < 1.29 is 14.7 Å². The van der Waals surface area contributed by atoms with E-state index < -0.39 is 5.97 Å². The highest BCUT2D eigenvalue weighted by molar-refractivity contribution is 7.09. The average Bonchev–Trinajstić information content (AvgIpc) is 2.91. The number of anilines is 1. The number of pyridine rings is 1. The van der Waals surface area contributed by atoms with E-state index in [9.17, 15) is 9.59 Å².